The van der Waals surface area contributed by atoms with E-state index in [2.05, 4.69) is 13.8 Å². The minimum atomic E-state index is -0.922. The zero-order chi connectivity index (χ0) is 16.8. The van der Waals surface area contributed by atoms with Crippen molar-refractivity contribution in [1.29, 1.82) is 0 Å². The predicted molar refractivity (Wildman–Crippen MR) is 89.7 cm³/mol. The lowest BCUT2D eigenvalue weighted by molar-refractivity contribution is -0.132. The maximum atomic E-state index is 10.6. The van der Waals surface area contributed by atoms with E-state index >= 15 is 0 Å². The Bertz CT molecular complexity index is 717. The van der Waals surface area contributed by atoms with Gasteiger partial charge in [0.1, 0.15) is 18.1 Å². The zero-order valence-corrected chi connectivity index (χ0v) is 13.2. The number of para-hydroxylation sites is 1. The van der Waals surface area contributed by atoms with Gasteiger partial charge < -0.3 is 14.9 Å². The van der Waals surface area contributed by atoms with Gasteiger partial charge in [-0.2, -0.15) is 0 Å². The molecule has 0 bridgehead atoms. The molecule has 3 rings (SSSR count). The van der Waals surface area contributed by atoms with E-state index in [1.165, 1.54) is 5.56 Å². The summed E-state index contributed by atoms with van der Waals surface area (Å²) in [6, 6.07) is 14.7. The summed E-state index contributed by atoms with van der Waals surface area (Å²) in [4.78, 5) is 10.6. The molecule has 0 unspecified atom stereocenters. The molecule has 0 fully saturated rings. The van der Waals surface area contributed by atoms with E-state index in [0.29, 0.717) is 17.2 Å². The van der Waals surface area contributed by atoms with Gasteiger partial charge >= 0.3 is 5.97 Å². The average molecular weight is 312 g/mol. The molecule has 1 aliphatic heterocycles. The van der Waals surface area contributed by atoms with Crippen molar-refractivity contribution >= 4 is 12.0 Å². The molecule has 2 N–H and O–H groups in total. The number of carboxylic acids is 1. The lowest BCUT2D eigenvalue weighted by Crippen LogP contribution is -2.13. The Morgan fingerprint density at radius 3 is 2.48 bits per heavy atom. The van der Waals surface area contributed by atoms with Gasteiger partial charge in [-0.3, -0.25) is 0 Å². The van der Waals surface area contributed by atoms with Crippen LogP contribution in [-0.2, 0) is 4.79 Å². The van der Waals surface area contributed by atoms with Crippen molar-refractivity contribution in [1.82, 2.24) is 0 Å². The van der Waals surface area contributed by atoms with Gasteiger partial charge in [0.2, 0.25) is 0 Å². The van der Waals surface area contributed by atoms with E-state index in [0.717, 1.165) is 11.3 Å². The van der Waals surface area contributed by atoms with Crippen LogP contribution in [0.5, 0.6) is 11.5 Å². The van der Waals surface area contributed by atoms with Crippen LogP contribution in [0.1, 0.15) is 30.9 Å². The highest BCUT2D eigenvalue weighted by Crippen LogP contribution is 2.25. The van der Waals surface area contributed by atoms with Crippen molar-refractivity contribution < 1.29 is 19.7 Å². The molecular weight excluding hydrogens is 292 g/mol. The first-order valence-corrected chi connectivity index (χ1v) is 7.42. The predicted octanol–water partition coefficient (Wildman–Crippen LogP) is 4.06. The number of carboxylic acid groups (broad SMARTS) is 1. The molecule has 0 aliphatic carbocycles. The van der Waals surface area contributed by atoms with Crippen molar-refractivity contribution in [2.75, 3.05) is 6.61 Å². The highest BCUT2D eigenvalue weighted by atomic mass is 16.5. The Morgan fingerprint density at radius 1 is 1.13 bits per heavy atom. The van der Waals surface area contributed by atoms with Gasteiger partial charge in [-0.25, -0.2) is 4.79 Å². The number of hydrogen-bond acceptors (Lipinski definition) is 3. The van der Waals surface area contributed by atoms with Crippen molar-refractivity contribution in [2.45, 2.75) is 19.8 Å². The number of hydrogen-bond donors (Lipinski definition) is 2. The number of rotatable bonds is 2. The molecular formula is C19H20O4. The fourth-order valence-corrected chi connectivity index (χ4v) is 2.12. The summed E-state index contributed by atoms with van der Waals surface area (Å²) in [5.74, 6) is 0.667. The molecule has 0 saturated heterocycles. The molecule has 23 heavy (non-hydrogen) atoms. The molecule has 0 atom stereocenters. The molecule has 4 nitrogen and oxygen atoms in total. The summed E-state index contributed by atoms with van der Waals surface area (Å²) in [7, 11) is 0. The van der Waals surface area contributed by atoms with E-state index in [1.807, 2.05) is 36.4 Å². The van der Waals surface area contributed by atoms with Crippen LogP contribution in [0.25, 0.3) is 6.08 Å². The normalized spacial score (nSPS) is 12.4. The summed E-state index contributed by atoms with van der Waals surface area (Å²) in [5.41, 5.74) is 2.30. The van der Waals surface area contributed by atoms with Crippen molar-refractivity contribution in [3.63, 3.8) is 0 Å². The molecule has 0 spiro atoms. The lowest BCUT2D eigenvalue weighted by atomic mass is 10.0. The standard InChI is InChI=1S/C10H8O3.C9H12O/c11-10(12)8-5-7-3-1-2-4-9(7)13-6-8;1-7(2)8-4-3-5-9(10)6-8/h1-5H,6H2,(H,11,12);3-7,10H,1-2H3. The smallest absolute Gasteiger partial charge is 0.335 e. The van der Waals surface area contributed by atoms with Gasteiger partial charge in [0, 0.05) is 5.56 Å². The highest BCUT2D eigenvalue weighted by Gasteiger charge is 2.15. The molecule has 120 valence electrons. The number of phenols is 1. The van der Waals surface area contributed by atoms with Gasteiger partial charge in [0.15, 0.2) is 0 Å². The molecule has 0 aromatic heterocycles. The highest BCUT2D eigenvalue weighted by molar-refractivity contribution is 5.93. The molecule has 4 heteroatoms. The third kappa shape index (κ3) is 4.61. The van der Waals surface area contributed by atoms with Gasteiger partial charge in [-0.1, -0.05) is 44.2 Å². The number of benzene rings is 2. The first-order chi connectivity index (χ1) is 11.0. The Balaban J connectivity index is 0.000000174. The van der Waals surface area contributed by atoms with Crippen LogP contribution in [0.3, 0.4) is 0 Å². The molecule has 2 aromatic rings. The van der Waals surface area contributed by atoms with Crippen LogP contribution in [-0.4, -0.2) is 22.8 Å². The van der Waals surface area contributed by atoms with Crippen molar-refractivity contribution in [3.05, 3.63) is 65.2 Å². The molecule has 0 radical (unpaired) electrons. The zero-order valence-electron chi connectivity index (χ0n) is 13.2. The fraction of sp³-hybridized carbons (Fsp3) is 0.211. The molecule has 0 amide bonds. The molecule has 0 saturated carbocycles. The van der Waals surface area contributed by atoms with Gasteiger partial charge in [-0.15, -0.1) is 0 Å². The Kier molecular flexibility index (Phi) is 5.41. The van der Waals surface area contributed by atoms with Crippen LogP contribution < -0.4 is 4.74 Å². The number of aliphatic carboxylic acids is 1. The second-order valence-electron chi connectivity index (χ2n) is 5.55. The van der Waals surface area contributed by atoms with E-state index in [9.17, 15) is 4.79 Å². The average Bonchev–Trinajstić information content (AvgIpc) is 2.55. The first kappa shape index (κ1) is 16.6. The summed E-state index contributed by atoms with van der Waals surface area (Å²) in [6.45, 7) is 4.36. The molecule has 1 heterocycles. The second kappa shape index (κ2) is 7.49. The number of carbonyl (C=O) groups is 1. The summed E-state index contributed by atoms with van der Waals surface area (Å²) in [6.07, 6.45) is 1.64. The van der Waals surface area contributed by atoms with Crippen LogP contribution in [0.4, 0.5) is 0 Å². The topological polar surface area (TPSA) is 66.8 Å². The van der Waals surface area contributed by atoms with Crippen LogP contribution in [0.15, 0.2) is 54.1 Å². The third-order valence-electron chi connectivity index (χ3n) is 3.44. The maximum Gasteiger partial charge on any atom is 0.335 e. The Labute approximate surface area is 135 Å². The minimum absolute atomic E-state index is 0.145. The van der Waals surface area contributed by atoms with E-state index in [4.69, 9.17) is 14.9 Å². The van der Waals surface area contributed by atoms with Gasteiger partial charge in [0.05, 0.1) is 5.57 Å². The van der Waals surface area contributed by atoms with E-state index in [1.54, 1.807) is 18.2 Å². The lowest BCUT2D eigenvalue weighted by Gasteiger charge is -2.14. The SMILES string of the molecule is CC(C)c1cccc(O)c1.O=C(O)C1=Cc2ccccc2OC1. The second-order valence-corrected chi connectivity index (χ2v) is 5.55. The molecule has 1 aliphatic rings. The largest absolute Gasteiger partial charge is 0.508 e. The quantitative estimate of drug-likeness (QED) is 0.877. The minimum Gasteiger partial charge on any atom is -0.508 e. The van der Waals surface area contributed by atoms with Crippen LogP contribution in [0.2, 0.25) is 0 Å². The van der Waals surface area contributed by atoms with Crippen LogP contribution >= 0.6 is 0 Å². The summed E-state index contributed by atoms with van der Waals surface area (Å²) in [5, 5.41) is 17.8. The third-order valence-corrected chi connectivity index (χ3v) is 3.44. The number of phenolic OH excluding ortho intramolecular Hbond substituents is 1. The summed E-state index contributed by atoms with van der Waals surface area (Å²) < 4.78 is 5.25. The maximum absolute atomic E-state index is 10.6. The number of fused-ring (bicyclic) bond motifs is 1. The monoisotopic (exact) mass is 312 g/mol. The van der Waals surface area contributed by atoms with Gasteiger partial charge in [-0.05, 0) is 35.8 Å². The summed E-state index contributed by atoms with van der Waals surface area (Å²) >= 11 is 0. The van der Waals surface area contributed by atoms with Crippen LogP contribution in [0, 0.1) is 0 Å². The first-order valence-electron chi connectivity index (χ1n) is 7.42. The van der Waals surface area contributed by atoms with E-state index < -0.39 is 5.97 Å². The Hall–Kier alpha value is -2.75. The van der Waals surface area contributed by atoms with E-state index in [-0.39, 0.29) is 6.61 Å². The fourth-order valence-electron chi connectivity index (χ4n) is 2.12. The molecule has 2 aromatic carbocycles. The Morgan fingerprint density at radius 2 is 1.87 bits per heavy atom. The van der Waals surface area contributed by atoms with Crippen molar-refractivity contribution in [2.24, 2.45) is 0 Å². The number of aromatic hydroxyl groups is 1. The number of ether oxygens (including phenoxy) is 1. The van der Waals surface area contributed by atoms with Crippen molar-refractivity contribution in [3.8, 4) is 11.5 Å². The van der Waals surface area contributed by atoms with Gasteiger partial charge in [0.25, 0.3) is 0 Å².